The van der Waals surface area contributed by atoms with Crippen LogP contribution >= 0.6 is 0 Å². The molecule has 0 heterocycles. The SMILES string of the molecule is COc1cccc(C/C=C/C(=O)O)c1. The highest BCUT2D eigenvalue weighted by Crippen LogP contribution is 2.12. The van der Waals surface area contributed by atoms with E-state index in [1.54, 1.807) is 13.2 Å². The van der Waals surface area contributed by atoms with Gasteiger partial charge in [0.2, 0.25) is 0 Å². The number of hydrogen-bond donors (Lipinski definition) is 1. The molecule has 0 saturated carbocycles. The van der Waals surface area contributed by atoms with E-state index in [1.807, 2.05) is 24.3 Å². The van der Waals surface area contributed by atoms with Gasteiger partial charge in [0.15, 0.2) is 0 Å². The molecule has 14 heavy (non-hydrogen) atoms. The lowest BCUT2D eigenvalue weighted by atomic mass is 10.1. The first-order valence-electron chi connectivity index (χ1n) is 4.25. The summed E-state index contributed by atoms with van der Waals surface area (Å²) in [4.78, 5) is 10.2. The number of allylic oxidation sites excluding steroid dienone is 1. The summed E-state index contributed by atoms with van der Waals surface area (Å²) >= 11 is 0. The molecule has 0 bridgehead atoms. The standard InChI is InChI=1S/C11H12O3/c1-14-10-6-2-4-9(8-10)5-3-7-11(12)13/h2-4,6-8H,5H2,1H3,(H,12,13)/b7-3+. The minimum absolute atomic E-state index is 0.601. The zero-order valence-corrected chi connectivity index (χ0v) is 7.93. The summed E-state index contributed by atoms with van der Waals surface area (Å²) in [5.41, 5.74) is 1.03. The molecular weight excluding hydrogens is 180 g/mol. The molecule has 1 aromatic rings. The predicted octanol–water partition coefficient (Wildman–Crippen LogP) is 1.88. The van der Waals surface area contributed by atoms with Gasteiger partial charge in [0.25, 0.3) is 0 Å². The third-order valence-electron chi connectivity index (χ3n) is 1.75. The molecule has 0 unspecified atom stereocenters. The summed E-state index contributed by atoms with van der Waals surface area (Å²) < 4.78 is 5.04. The van der Waals surface area contributed by atoms with Gasteiger partial charge in [-0.3, -0.25) is 0 Å². The Morgan fingerprint density at radius 1 is 1.57 bits per heavy atom. The molecule has 0 saturated heterocycles. The minimum Gasteiger partial charge on any atom is -0.497 e. The molecule has 74 valence electrons. The number of carboxylic acids is 1. The summed E-state index contributed by atoms with van der Waals surface area (Å²) in [5, 5.41) is 8.38. The van der Waals surface area contributed by atoms with E-state index in [2.05, 4.69) is 0 Å². The van der Waals surface area contributed by atoms with Crippen LogP contribution in [-0.2, 0) is 11.2 Å². The van der Waals surface area contributed by atoms with E-state index < -0.39 is 5.97 Å². The number of rotatable bonds is 4. The van der Waals surface area contributed by atoms with Crippen molar-refractivity contribution in [1.29, 1.82) is 0 Å². The highest BCUT2D eigenvalue weighted by molar-refractivity contribution is 5.79. The first-order valence-corrected chi connectivity index (χ1v) is 4.25. The van der Waals surface area contributed by atoms with Gasteiger partial charge in [-0.25, -0.2) is 4.79 Å². The van der Waals surface area contributed by atoms with Gasteiger partial charge in [-0.15, -0.1) is 0 Å². The van der Waals surface area contributed by atoms with Crippen LogP contribution in [0.5, 0.6) is 5.75 Å². The van der Waals surface area contributed by atoms with Gasteiger partial charge in [-0.1, -0.05) is 18.2 Å². The largest absolute Gasteiger partial charge is 0.497 e. The van der Waals surface area contributed by atoms with E-state index in [1.165, 1.54) is 0 Å². The minimum atomic E-state index is -0.923. The second-order valence-corrected chi connectivity index (χ2v) is 2.80. The normalized spacial score (nSPS) is 10.4. The van der Waals surface area contributed by atoms with E-state index in [-0.39, 0.29) is 0 Å². The van der Waals surface area contributed by atoms with Crippen LogP contribution in [0.1, 0.15) is 5.56 Å². The topological polar surface area (TPSA) is 46.5 Å². The Kier molecular flexibility index (Phi) is 3.73. The fraction of sp³-hybridized carbons (Fsp3) is 0.182. The van der Waals surface area contributed by atoms with Gasteiger partial charge in [-0.05, 0) is 24.1 Å². The average molecular weight is 192 g/mol. The molecule has 0 aromatic heterocycles. The third-order valence-corrected chi connectivity index (χ3v) is 1.75. The van der Waals surface area contributed by atoms with Crippen molar-refractivity contribution in [2.24, 2.45) is 0 Å². The van der Waals surface area contributed by atoms with Crippen molar-refractivity contribution in [3.63, 3.8) is 0 Å². The van der Waals surface area contributed by atoms with Crippen molar-refractivity contribution in [3.05, 3.63) is 42.0 Å². The van der Waals surface area contributed by atoms with E-state index in [0.717, 1.165) is 17.4 Å². The van der Waals surface area contributed by atoms with E-state index in [0.29, 0.717) is 6.42 Å². The van der Waals surface area contributed by atoms with E-state index in [4.69, 9.17) is 9.84 Å². The molecule has 0 aliphatic carbocycles. The lowest BCUT2D eigenvalue weighted by Crippen LogP contribution is -1.88. The van der Waals surface area contributed by atoms with Crippen LogP contribution in [0, 0.1) is 0 Å². The van der Waals surface area contributed by atoms with Crippen molar-refractivity contribution >= 4 is 5.97 Å². The molecule has 0 spiro atoms. The van der Waals surface area contributed by atoms with Gasteiger partial charge in [0.05, 0.1) is 7.11 Å². The highest BCUT2D eigenvalue weighted by Gasteiger charge is 1.93. The van der Waals surface area contributed by atoms with Crippen LogP contribution < -0.4 is 4.74 Å². The van der Waals surface area contributed by atoms with Crippen molar-refractivity contribution in [1.82, 2.24) is 0 Å². The smallest absolute Gasteiger partial charge is 0.327 e. The fourth-order valence-corrected chi connectivity index (χ4v) is 1.10. The van der Waals surface area contributed by atoms with Crippen molar-refractivity contribution < 1.29 is 14.6 Å². The summed E-state index contributed by atoms with van der Waals surface area (Å²) in [7, 11) is 1.60. The molecular formula is C11H12O3. The lowest BCUT2D eigenvalue weighted by molar-refractivity contribution is -0.131. The average Bonchev–Trinajstić information content (AvgIpc) is 2.18. The number of aliphatic carboxylic acids is 1. The number of carbonyl (C=O) groups is 1. The van der Waals surface area contributed by atoms with Gasteiger partial charge in [0.1, 0.15) is 5.75 Å². The van der Waals surface area contributed by atoms with Crippen LogP contribution in [0.15, 0.2) is 36.4 Å². The molecule has 3 nitrogen and oxygen atoms in total. The lowest BCUT2D eigenvalue weighted by Gasteiger charge is -2.01. The molecule has 0 aliphatic rings. The summed E-state index contributed by atoms with van der Waals surface area (Å²) in [5.74, 6) is -0.140. The van der Waals surface area contributed by atoms with Crippen molar-refractivity contribution in [3.8, 4) is 5.75 Å². The van der Waals surface area contributed by atoms with Gasteiger partial charge in [0, 0.05) is 6.08 Å². The maximum Gasteiger partial charge on any atom is 0.327 e. The molecule has 0 fully saturated rings. The molecule has 0 aliphatic heterocycles. The molecule has 1 N–H and O–H groups in total. The summed E-state index contributed by atoms with van der Waals surface area (Å²) in [6.45, 7) is 0. The number of carboxylic acid groups (broad SMARTS) is 1. The first-order chi connectivity index (χ1) is 6.72. The second kappa shape index (κ2) is 5.07. The number of hydrogen-bond acceptors (Lipinski definition) is 2. The molecule has 0 atom stereocenters. The Bertz CT molecular complexity index is 342. The van der Waals surface area contributed by atoms with Gasteiger partial charge >= 0.3 is 5.97 Å². The number of methoxy groups -OCH3 is 1. The third kappa shape index (κ3) is 3.31. The van der Waals surface area contributed by atoms with Gasteiger partial charge < -0.3 is 9.84 Å². The molecule has 1 rings (SSSR count). The highest BCUT2D eigenvalue weighted by atomic mass is 16.5. The fourth-order valence-electron chi connectivity index (χ4n) is 1.10. The van der Waals surface area contributed by atoms with Crippen LogP contribution in [0.3, 0.4) is 0 Å². The Hall–Kier alpha value is -1.77. The molecule has 0 amide bonds. The Morgan fingerprint density at radius 2 is 2.36 bits per heavy atom. The maximum atomic E-state index is 10.2. The second-order valence-electron chi connectivity index (χ2n) is 2.80. The molecule has 0 radical (unpaired) electrons. The first kappa shape index (κ1) is 10.3. The zero-order valence-electron chi connectivity index (χ0n) is 7.93. The predicted molar refractivity (Wildman–Crippen MR) is 53.5 cm³/mol. The monoisotopic (exact) mass is 192 g/mol. The Labute approximate surface area is 82.6 Å². The number of ether oxygens (including phenoxy) is 1. The van der Waals surface area contributed by atoms with Crippen molar-refractivity contribution in [2.45, 2.75) is 6.42 Å². The Balaban J connectivity index is 2.63. The van der Waals surface area contributed by atoms with Gasteiger partial charge in [-0.2, -0.15) is 0 Å². The quantitative estimate of drug-likeness (QED) is 0.741. The van der Waals surface area contributed by atoms with Crippen LogP contribution in [0.2, 0.25) is 0 Å². The van der Waals surface area contributed by atoms with Crippen molar-refractivity contribution in [2.75, 3.05) is 7.11 Å². The van der Waals surface area contributed by atoms with Crippen LogP contribution in [0.4, 0.5) is 0 Å². The Morgan fingerprint density at radius 3 is 3.00 bits per heavy atom. The summed E-state index contributed by atoms with van der Waals surface area (Å²) in [6, 6.07) is 7.54. The van der Waals surface area contributed by atoms with Crippen LogP contribution in [-0.4, -0.2) is 18.2 Å². The summed E-state index contributed by atoms with van der Waals surface area (Å²) in [6.07, 6.45) is 3.35. The van der Waals surface area contributed by atoms with Crippen LogP contribution in [0.25, 0.3) is 0 Å². The molecule has 1 aromatic carbocycles. The number of benzene rings is 1. The van der Waals surface area contributed by atoms with E-state index >= 15 is 0 Å². The van der Waals surface area contributed by atoms with E-state index in [9.17, 15) is 4.79 Å². The maximum absolute atomic E-state index is 10.2. The molecule has 3 heteroatoms. The zero-order chi connectivity index (χ0) is 10.4.